The van der Waals surface area contributed by atoms with E-state index in [4.69, 9.17) is 9.97 Å². The highest BCUT2D eigenvalue weighted by molar-refractivity contribution is 5.96. The van der Waals surface area contributed by atoms with Gasteiger partial charge in [0.05, 0.1) is 16.9 Å². The molecule has 0 N–H and O–H groups in total. The number of hydrogen-bond donors (Lipinski definition) is 0. The standard InChI is InChI=1S/C24H30N4/c1-5-17-7-10-21(25-15-17)23-14-24(28-12-11-18(6-2)16-28)20-9-8-19(27(3)4)13-22(20)26-23/h7-10,13-15,18H,5-6,11-12,16H2,1-4H3. The van der Waals surface area contributed by atoms with Gasteiger partial charge in [0, 0.05) is 50.1 Å². The Morgan fingerprint density at radius 1 is 1.07 bits per heavy atom. The molecule has 4 nitrogen and oxygen atoms in total. The monoisotopic (exact) mass is 374 g/mol. The van der Waals surface area contributed by atoms with Gasteiger partial charge in [0.25, 0.3) is 0 Å². The normalized spacial score (nSPS) is 16.7. The molecule has 0 bridgehead atoms. The van der Waals surface area contributed by atoms with Gasteiger partial charge < -0.3 is 9.80 Å². The molecule has 1 aromatic carbocycles. The molecule has 146 valence electrons. The number of aryl methyl sites for hydroxylation is 1. The number of anilines is 2. The first kappa shape index (κ1) is 18.7. The highest BCUT2D eigenvalue weighted by Gasteiger charge is 2.23. The summed E-state index contributed by atoms with van der Waals surface area (Å²) in [6.45, 7) is 6.71. The number of pyridine rings is 2. The minimum absolute atomic E-state index is 0.787. The Kier molecular flexibility index (Phi) is 5.21. The van der Waals surface area contributed by atoms with Gasteiger partial charge in [-0.3, -0.25) is 4.98 Å². The summed E-state index contributed by atoms with van der Waals surface area (Å²) in [5, 5.41) is 1.23. The molecule has 1 aliphatic heterocycles. The zero-order chi connectivity index (χ0) is 19.7. The third-order valence-corrected chi connectivity index (χ3v) is 5.99. The van der Waals surface area contributed by atoms with Crippen molar-refractivity contribution in [3.05, 3.63) is 48.2 Å². The third kappa shape index (κ3) is 3.56. The number of aromatic nitrogens is 2. The molecule has 0 saturated carbocycles. The van der Waals surface area contributed by atoms with Gasteiger partial charge >= 0.3 is 0 Å². The fourth-order valence-corrected chi connectivity index (χ4v) is 4.04. The van der Waals surface area contributed by atoms with E-state index in [9.17, 15) is 0 Å². The Morgan fingerprint density at radius 3 is 2.57 bits per heavy atom. The van der Waals surface area contributed by atoms with Crippen LogP contribution in [0.5, 0.6) is 0 Å². The molecule has 28 heavy (non-hydrogen) atoms. The summed E-state index contributed by atoms with van der Waals surface area (Å²) < 4.78 is 0. The molecule has 2 aromatic heterocycles. The van der Waals surface area contributed by atoms with E-state index in [0.717, 1.165) is 42.3 Å². The van der Waals surface area contributed by atoms with Crippen molar-refractivity contribution >= 4 is 22.3 Å². The summed E-state index contributed by atoms with van der Waals surface area (Å²) in [5.41, 5.74) is 6.67. The van der Waals surface area contributed by atoms with Gasteiger partial charge in [0.1, 0.15) is 0 Å². The SMILES string of the molecule is CCc1ccc(-c2cc(N3CCC(CC)C3)c3ccc(N(C)C)cc3n2)nc1. The lowest BCUT2D eigenvalue weighted by molar-refractivity contribution is 0.569. The van der Waals surface area contributed by atoms with Crippen molar-refractivity contribution in [1.82, 2.24) is 9.97 Å². The molecule has 0 radical (unpaired) electrons. The Morgan fingerprint density at radius 2 is 1.93 bits per heavy atom. The van der Waals surface area contributed by atoms with E-state index in [1.54, 1.807) is 0 Å². The van der Waals surface area contributed by atoms with Crippen molar-refractivity contribution in [3.8, 4) is 11.4 Å². The van der Waals surface area contributed by atoms with Crippen LogP contribution in [0.4, 0.5) is 11.4 Å². The van der Waals surface area contributed by atoms with E-state index in [1.807, 2.05) is 6.20 Å². The predicted octanol–water partition coefficient (Wildman–Crippen LogP) is 5.16. The topological polar surface area (TPSA) is 32.3 Å². The van der Waals surface area contributed by atoms with E-state index in [1.165, 1.54) is 35.2 Å². The fraction of sp³-hybridized carbons (Fsp3) is 0.417. The second-order valence-electron chi connectivity index (χ2n) is 8.04. The third-order valence-electron chi connectivity index (χ3n) is 5.99. The van der Waals surface area contributed by atoms with Crippen LogP contribution >= 0.6 is 0 Å². The summed E-state index contributed by atoms with van der Waals surface area (Å²) in [6.07, 6.45) is 5.49. The molecule has 1 fully saturated rings. The van der Waals surface area contributed by atoms with Crippen molar-refractivity contribution in [2.24, 2.45) is 5.92 Å². The Balaban J connectivity index is 1.85. The minimum Gasteiger partial charge on any atom is -0.378 e. The van der Waals surface area contributed by atoms with Crippen LogP contribution < -0.4 is 9.80 Å². The zero-order valence-corrected chi connectivity index (χ0v) is 17.4. The van der Waals surface area contributed by atoms with Crippen LogP contribution in [0.15, 0.2) is 42.6 Å². The van der Waals surface area contributed by atoms with E-state index in [-0.39, 0.29) is 0 Å². The first-order valence-corrected chi connectivity index (χ1v) is 10.4. The first-order chi connectivity index (χ1) is 13.6. The maximum absolute atomic E-state index is 5.00. The smallest absolute Gasteiger partial charge is 0.0914 e. The van der Waals surface area contributed by atoms with Gasteiger partial charge in [-0.05, 0) is 54.7 Å². The van der Waals surface area contributed by atoms with Crippen LogP contribution in [0.3, 0.4) is 0 Å². The second kappa shape index (κ2) is 7.78. The molecule has 0 amide bonds. The molecular formula is C24H30N4. The van der Waals surface area contributed by atoms with Crippen molar-refractivity contribution < 1.29 is 0 Å². The van der Waals surface area contributed by atoms with Gasteiger partial charge in [0.2, 0.25) is 0 Å². The van der Waals surface area contributed by atoms with Gasteiger partial charge in [-0.25, -0.2) is 4.98 Å². The van der Waals surface area contributed by atoms with Gasteiger partial charge in [-0.1, -0.05) is 26.3 Å². The van der Waals surface area contributed by atoms with Gasteiger partial charge in [-0.2, -0.15) is 0 Å². The van der Waals surface area contributed by atoms with Crippen LogP contribution in [0, 0.1) is 5.92 Å². The van der Waals surface area contributed by atoms with Crippen LogP contribution in [-0.4, -0.2) is 37.2 Å². The van der Waals surface area contributed by atoms with Crippen molar-refractivity contribution in [2.75, 3.05) is 37.0 Å². The van der Waals surface area contributed by atoms with Crippen LogP contribution in [0.2, 0.25) is 0 Å². The quantitative estimate of drug-likeness (QED) is 0.617. The van der Waals surface area contributed by atoms with Crippen molar-refractivity contribution in [3.63, 3.8) is 0 Å². The van der Waals surface area contributed by atoms with Crippen LogP contribution in [0.25, 0.3) is 22.3 Å². The second-order valence-corrected chi connectivity index (χ2v) is 8.04. The fourth-order valence-electron chi connectivity index (χ4n) is 4.04. The molecule has 0 spiro atoms. The molecule has 4 heteroatoms. The molecule has 0 aliphatic carbocycles. The highest BCUT2D eigenvalue weighted by atomic mass is 15.2. The molecular weight excluding hydrogens is 344 g/mol. The number of rotatable bonds is 5. The lowest BCUT2D eigenvalue weighted by Gasteiger charge is -2.22. The van der Waals surface area contributed by atoms with Crippen LogP contribution in [0.1, 0.15) is 32.3 Å². The highest BCUT2D eigenvalue weighted by Crippen LogP contribution is 2.35. The number of nitrogens with zero attached hydrogens (tertiary/aromatic N) is 4. The number of hydrogen-bond acceptors (Lipinski definition) is 4. The summed E-state index contributed by atoms with van der Waals surface area (Å²) >= 11 is 0. The van der Waals surface area contributed by atoms with E-state index >= 15 is 0 Å². The zero-order valence-electron chi connectivity index (χ0n) is 17.4. The molecule has 4 rings (SSSR count). The van der Waals surface area contributed by atoms with Gasteiger partial charge in [-0.15, -0.1) is 0 Å². The summed E-state index contributed by atoms with van der Waals surface area (Å²) in [5.74, 6) is 0.787. The first-order valence-electron chi connectivity index (χ1n) is 10.4. The lowest BCUT2D eigenvalue weighted by Crippen LogP contribution is -2.20. The van der Waals surface area contributed by atoms with E-state index in [0.29, 0.717) is 0 Å². The van der Waals surface area contributed by atoms with Crippen LogP contribution in [-0.2, 0) is 6.42 Å². The van der Waals surface area contributed by atoms with E-state index in [2.05, 4.69) is 74.1 Å². The predicted molar refractivity (Wildman–Crippen MR) is 119 cm³/mol. The summed E-state index contributed by atoms with van der Waals surface area (Å²) in [4.78, 5) is 14.4. The maximum atomic E-state index is 5.00. The lowest BCUT2D eigenvalue weighted by atomic mass is 10.1. The largest absolute Gasteiger partial charge is 0.378 e. The average molecular weight is 375 g/mol. The Bertz CT molecular complexity index is 962. The van der Waals surface area contributed by atoms with Crippen molar-refractivity contribution in [2.45, 2.75) is 33.1 Å². The Labute approximate surface area is 168 Å². The molecule has 3 heterocycles. The molecule has 1 unspecified atom stereocenters. The number of fused-ring (bicyclic) bond motifs is 1. The summed E-state index contributed by atoms with van der Waals surface area (Å²) in [7, 11) is 4.15. The van der Waals surface area contributed by atoms with E-state index < -0.39 is 0 Å². The number of benzene rings is 1. The molecule has 3 aromatic rings. The Hall–Kier alpha value is -2.62. The van der Waals surface area contributed by atoms with Crippen molar-refractivity contribution in [1.29, 1.82) is 0 Å². The summed E-state index contributed by atoms with van der Waals surface area (Å²) in [6, 6.07) is 13.1. The molecule has 1 saturated heterocycles. The minimum atomic E-state index is 0.787. The molecule has 1 aliphatic rings. The average Bonchev–Trinajstić information content (AvgIpc) is 3.21. The molecule has 1 atom stereocenters. The maximum Gasteiger partial charge on any atom is 0.0914 e. The van der Waals surface area contributed by atoms with Gasteiger partial charge in [0.15, 0.2) is 0 Å².